The fourth-order valence-corrected chi connectivity index (χ4v) is 5.69. The highest BCUT2D eigenvalue weighted by Crippen LogP contribution is 2.61. The highest BCUT2D eigenvalue weighted by molar-refractivity contribution is 5.88. The lowest BCUT2D eigenvalue weighted by Crippen LogP contribution is -2.47. The van der Waals surface area contributed by atoms with Gasteiger partial charge in [-0.15, -0.1) is 0 Å². The van der Waals surface area contributed by atoms with Crippen molar-refractivity contribution in [1.82, 2.24) is 10.6 Å². The molecule has 4 fully saturated rings. The van der Waals surface area contributed by atoms with Crippen molar-refractivity contribution in [2.24, 2.45) is 23.2 Å². The molecule has 0 aromatic carbocycles. The van der Waals surface area contributed by atoms with Gasteiger partial charge in [0, 0.05) is 6.54 Å². The van der Waals surface area contributed by atoms with Gasteiger partial charge in [0.1, 0.15) is 6.04 Å². The highest BCUT2D eigenvalue weighted by Gasteiger charge is 2.51. The van der Waals surface area contributed by atoms with Gasteiger partial charge in [-0.25, -0.2) is 0 Å². The van der Waals surface area contributed by atoms with Crippen LogP contribution in [0.2, 0.25) is 0 Å². The van der Waals surface area contributed by atoms with Crippen LogP contribution in [-0.4, -0.2) is 37.0 Å². The molecule has 0 aliphatic heterocycles. The zero-order valence-corrected chi connectivity index (χ0v) is 15.3. The zero-order valence-electron chi connectivity index (χ0n) is 15.3. The summed E-state index contributed by atoms with van der Waals surface area (Å²) in [4.78, 5) is 35.7. The van der Waals surface area contributed by atoms with E-state index in [2.05, 4.69) is 10.6 Å². The van der Waals surface area contributed by atoms with Crippen molar-refractivity contribution in [3.63, 3.8) is 0 Å². The van der Waals surface area contributed by atoms with Gasteiger partial charge >= 0.3 is 5.97 Å². The molecule has 1 atom stereocenters. The molecular weight excluding hydrogens is 320 g/mol. The van der Waals surface area contributed by atoms with Crippen LogP contribution in [0.1, 0.15) is 58.8 Å². The first kappa shape index (κ1) is 18.2. The summed E-state index contributed by atoms with van der Waals surface area (Å²) in [6.45, 7) is 3.63. The minimum absolute atomic E-state index is 0.122. The van der Waals surface area contributed by atoms with E-state index in [4.69, 9.17) is 4.74 Å². The molecule has 0 saturated heterocycles. The Hall–Kier alpha value is -1.59. The lowest BCUT2D eigenvalue weighted by Gasteiger charge is -2.56. The van der Waals surface area contributed by atoms with Gasteiger partial charge in [0.2, 0.25) is 5.91 Å². The first-order valence-corrected chi connectivity index (χ1v) is 9.62. The number of nitrogens with one attached hydrogen (secondary N) is 2. The van der Waals surface area contributed by atoms with E-state index >= 15 is 0 Å². The number of hydrogen-bond acceptors (Lipinski definition) is 4. The lowest BCUT2D eigenvalue weighted by atomic mass is 9.49. The number of hydrogen-bond donors (Lipinski definition) is 2. The van der Waals surface area contributed by atoms with E-state index < -0.39 is 11.9 Å². The number of rotatable bonds is 7. The number of esters is 1. The molecule has 0 radical (unpaired) electrons. The van der Waals surface area contributed by atoms with Crippen LogP contribution in [0.5, 0.6) is 0 Å². The maximum Gasteiger partial charge on any atom is 0.306 e. The summed E-state index contributed by atoms with van der Waals surface area (Å²) in [5.74, 6) is 1.43. The minimum Gasteiger partial charge on any atom is -0.456 e. The van der Waals surface area contributed by atoms with E-state index in [1.165, 1.54) is 19.3 Å². The Morgan fingerprint density at radius 1 is 1.08 bits per heavy atom. The Labute approximate surface area is 149 Å². The second-order valence-corrected chi connectivity index (χ2v) is 8.44. The summed E-state index contributed by atoms with van der Waals surface area (Å²) in [6, 6.07) is -0.630. The average molecular weight is 350 g/mol. The molecule has 4 aliphatic rings. The van der Waals surface area contributed by atoms with Crippen molar-refractivity contribution in [3.05, 3.63) is 0 Å². The van der Waals surface area contributed by atoms with Crippen LogP contribution in [0.4, 0.5) is 0 Å². The van der Waals surface area contributed by atoms with Crippen molar-refractivity contribution >= 4 is 17.8 Å². The van der Waals surface area contributed by atoms with Gasteiger partial charge in [0.05, 0.1) is 6.42 Å². The van der Waals surface area contributed by atoms with Crippen molar-refractivity contribution in [2.45, 2.75) is 64.8 Å². The van der Waals surface area contributed by atoms with Crippen LogP contribution in [0, 0.1) is 23.2 Å². The maximum absolute atomic E-state index is 12.3. The molecule has 25 heavy (non-hydrogen) atoms. The van der Waals surface area contributed by atoms with Crippen LogP contribution in [0.3, 0.4) is 0 Å². The summed E-state index contributed by atoms with van der Waals surface area (Å²) in [7, 11) is 0. The Balaban J connectivity index is 1.42. The molecule has 140 valence electrons. The Morgan fingerprint density at radius 2 is 1.64 bits per heavy atom. The molecule has 0 spiro atoms. The van der Waals surface area contributed by atoms with Crippen molar-refractivity contribution < 1.29 is 19.1 Å². The monoisotopic (exact) mass is 350 g/mol. The van der Waals surface area contributed by atoms with Crippen molar-refractivity contribution in [2.75, 3.05) is 13.2 Å². The molecule has 4 rings (SSSR count). The van der Waals surface area contributed by atoms with E-state index in [9.17, 15) is 14.4 Å². The minimum atomic E-state index is -0.630. The fourth-order valence-electron chi connectivity index (χ4n) is 5.69. The second kappa shape index (κ2) is 7.34. The molecular formula is C19H30N2O4. The Bertz CT molecular complexity index is 510. The standard InChI is InChI=1S/C19H30N2O4/c1-3-20-18(24)12(2)21-16(22)11-25-17(23)10-19-7-13-4-14(8-19)6-15(5-13)9-19/h12-15H,3-11H2,1-2H3,(H,20,24)(H,21,22)/t12-,13?,14?,15?,19?/m1/s1. The quantitative estimate of drug-likeness (QED) is 0.686. The molecule has 4 saturated carbocycles. The topological polar surface area (TPSA) is 84.5 Å². The summed E-state index contributed by atoms with van der Waals surface area (Å²) in [5, 5.41) is 5.19. The molecule has 0 aromatic rings. The van der Waals surface area contributed by atoms with Gasteiger partial charge in [-0.2, -0.15) is 0 Å². The normalized spacial score (nSPS) is 33.6. The van der Waals surface area contributed by atoms with E-state index in [1.807, 2.05) is 6.92 Å². The van der Waals surface area contributed by atoms with Gasteiger partial charge < -0.3 is 15.4 Å². The third-order valence-corrected chi connectivity index (χ3v) is 6.17. The van der Waals surface area contributed by atoms with Crippen LogP contribution in [0.15, 0.2) is 0 Å². The molecule has 4 aliphatic carbocycles. The van der Waals surface area contributed by atoms with Crippen LogP contribution in [0.25, 0.3) is 0 Å². The summed E-state index contributed by atoms with van der Waals surface area (Å²) >= 11 is 0. The second-order valence-electron chi connectivity index (χ2n) is 8.44. The Morgan fingerprint density at radius 3 is 2.16 bits per heavy atom. The van der Waals surface area contributed by atoms with Gasteiger partial charge in [-0.05, 0) is 75.5 Å². The van der Waals surface area contributed by atoms with Crippen molar-refractivity contribution in [1.29, 1.82) is 0 Å². The van der Waals surface area contributed by atoms with Gasteiger partial charge in [-0.3, -0.25) is 14.4 Å². The summed E-state index contributed by atoms with van der Waals surface area (Å²) in [5.41, 5.74) is 0.122. The molecule has 0 aromatic heterocycles. The SMILES string of the molecule is CCNC(=O)[C@@H](C)NC(=O)COC(=O)CC12CC3CC(CC(C3)C1)C2. The number of ether oxygens (including phenoxy) is 1. The molecule has 2 N–H and O–H groups in total. The van der Waals surface area contributed by atoms with Crippen LogP contribution >= 0.6 is 0 Å². The number of amides is 2. The van der Waals surface area contributed by atoms with Gasteiger partial charge in [0.25, 0.3) is 5.91 Å². The number of carbonyl (C=O) groups is 3. The van der Waals surface area contributed by atoms with E-state index in [-0.39, 0.29) is 23.9 Å². The third kappa shape index (κ3) is 4.33. The highest BCUT2D eigenvalue weighted by atomic mass is 16.5. The number of carbonyl (C=O) groups excluding carboxylic acids is 3. The van der Waals surface area contributed by atoms with Crippen LogP contribution in [-0.2, 0) is 19.1 Å². The summed E-state index contributed by atoms with van der Waals surface area (Å²) in [6.07, 6.45) is 7.91. The fraction of sp³-hybridized carbons (Fsp3) is 0.842. The Kier molecular flexibility index (Phi) is 5.35. The van der Waals surface area contributed by atoms with E-state index in [1.54, 1.807) is 6.92 Å². The summed E-state index contributed by atoms with van der Waals surface area (Å²) < 4.78 is 5.20. The van der Waals surface area contributed by atoms with E-state index in [0.29, 0.717) is 13.0 Å². The smallest absolute Gasteiger partial charge is 0.306 e. The number of likely N-dealkylation sites (N-methyl/N-ethyl adjacent to an activating group) is 1. The predicted octanol–water partition coefficient (Wildman–Crippen LogP) is 1.78. The van der Waals surface area contributed by atoms with E-state index in [0.717, 1.165) is 37.0 Å². The molecule has 6 heteroatoms. The first-order valence-electron chi connectivity index (χ1n) is 9.62. The predicted molar refractivity (Wildman–Crippen MR) is 92.5 cm³/mol. The van der Waals surface area contributed by atoms with Crippen LogP contribution < -0.4 is 10.6 Å². The molecule has 2 amide bonds. The van der Waals surface area contributed by atoms with Gasteiger partial charge in [0.15, 0.2) is 6.61 Å². The van der Waals surface area contributed by atoms with Gasteiger partial charge in [-0.1, -0.05) is 0 Å². The lowest BCUT2D eigenvalue weighted by molar-refractivity contribution is -0.155. The largest absolute Gasteiger partial charge is 0.456 e. The first-order chi connectivity index (χ1) is 11.9. The zero-order chi connectivity index (χ0) is 18.0. The molecule has 6 nitrogen and oxygen atoms in total. The van der Waals surface area contributed by atoms with Crippen molar-refractivity contribution in [3.8, 4) is 0 Å². The maximum atomic E-state index is 12.3. The average Bonchev–Trinajstić information content (AvgIpc) is 2.51. The molecule has 4 bridgehead atoms. The molecule has 0 unspecified atom stereocenters. The third-order valence-electron chi connectivity index (χ3n) is 6.17. The molecule has 0 heterocycles.